The molecule has 0 unspecified atom stereocenters. The Kier molecular flexibility index (Phi) is 8.41. The Morgan fingerprint density at radius 1 is 1.26 bits per heavy atom. The zero-order chi connectivity index (χ0) is 24.8. The summed E-state index contributed by atoms with van der Waals surface area (Å²) in [6, 6.07) is 12.2. The van der Waals surface area contributed by atoms with Gasteiger partial charge < -0.3 is 14.0 Å². The first-order chi connectivity index (χ1) is 16.2. The quantitative estimate of drug-likeness (QED) is 0.248. The van der Waals surface area contributed by atoms with Gasteiger partial charge in [-0.15, -0.1) is 0 Å². The van der Waals surface area contributed by atoms with Crippen molar-refractivity contribution in [2.24, 2.45) is 5.10 Å². The number of nitriles is 1. The first-order valence-electron chi connectivity index (χ1n) is 10.5. The lowest BCUT2D eigenvalue weighted by atomic mass is 10.1. The normalized spacial score (nSPS) is 11.0. The van der Waals surface area contributed by atoms with E-state index in [4.69, 9.17) is 9.47 Å². The highest BCUT2D eigenvalue weighted by Crippen LogP contribution is 2.23. The van der Waals surface area contributed by atoms with Crippen LogP contribution in [0.25, 0.3) is 5.69 Å². The molecule has 2 heterocycles. The van der Waals surface area contributed by atoms with Crippen molar-refractivity contribution in [1.29, 1.82) is 5.26 Å². The summed E-state index contributed by atoms with van der Waals surface area (Å²) in [4.78, 5) is 16.5. The zero-order valence-electron chi connectivity index (χ0n) is 19.8. The van der Waals surface area contributed by atoms with E-state index in [0.29, 0.717) is 11.3 Å². The summed E-state index contributed by atoms with van der Waals surface area (Å²) in [5.74, 6) is -0.358. The first-order valence-corrected chi connectivity index (χ1v) is 11.6. The van der Waals surface area contributed by atoms with Crippen LogP contribution >= 0.6 is 22.6 Å². The average Bonchev–Trinajstić information content (AvgIpc) is 3.07. The Morgan fingerprint density at radius 2 is 2.03 bits per heavy atom. The molecule has 0 aliphatic carbocycles. The van der Waals surface area contributed by atoms with Crippen molar-refractivity contribution in [3.05, 3.63) is 73.2 Å². The number of aryl methyl sites for hydroxylation is 3. The fourth-order valence-corrected chi connectivity index (χ4v) is 3.96. The minimum absolute atomic E-state index is 0.102. The minimum Gasteiger partial charge on any atom is -0.467 e. The third-order valence-electron chi connectivity index (χ3n) is 5.21. The molecule has 0 saturated carbocycles. The molecular formula is C25H26IN5O3. The van der Waals surface area contributed by atoms with Crippen molar-refractivity contribution < 1.29 is 14.3 Å². The number of carbonyl (C=O) groups excluding carboxylic acids is 1. The van der Waals surface area contributed by atoms with E-state index in [2.05, 4.69) is 73.9 Å². The second-order valence-electron chi connectivity index (χ2n) is 7.82. The average molecular weight is 571 g/mol. The first kappa shape index (κ1) is 25.4. The molecule has 0 aliphatic heterocycles. The van der Waals surface area contributed by atoms with Gasteiger partial charge in [-0.05, 0) is 86.2 Å². The van der Waals surface area contributed by atoms with E-state index in [1.54, 1.807) is 26.3 Å². The molecule has 0 radical (unpaired) electrons. The fraction of sp³-hybridized carbons (Fsp3) is 0.280. The standard InChI is InChI=1S/C25H26IN5O3/c1-15-8-21(6-7-23(15)26)31-17(3)10-19(18(31)4)12-28-30-24(32)14-34-25-22(11-27)20(13-33-5)9-16(2)29-25/h6-10,12H,13-14H2,1-5H3,(H,30,32)/b28-12-. The van der Waals surface area contributed by atoms with Crippen LogP contribution in [0, 0.1) is 42.6 Å². The maximum absolute atomic E-state index is 12.3. The number of methoxy groups -OCH3 is 1. The van der Waals surface area contributed by atoms with Crippen LogP contribution in [0.3, 0.4) is 0 Å². The molecule has 2 aromatic heterocycles. The Labute approximate surface area is 212 Å². The maximum atomic E-state index is 12.3. The van der Waals surface area contributed by atoms with Crippen LogP contribution in [-0.4, -0.2) is 35.4 Å². The Morgan fingerprint density at radius 3 is 2.71 bits per heavy atom. The second-order valence-corrected chi connectivity index (χ2v) is 8.99. The van der Waals surface area contributed by atoms with Crippen LogP contribution in [0.4, 0.5) is 0 Å². The summed E-state index contributed by atoms with van der Waals surface area (Å²) in [7, 11) is 1.54. The van der Waals surface area contributed by atoms with Gasteiger partial charge in [-0.2, -0.15) is 10.4 Å². The van der Waals surface area contributed by atoms with Gasteiger partial charge in [0.25, 0.3) is 5.91 Å². The van der Waals surface area contributed by atoms with E-state index in [9.17, 15) is 10.1 Å². The number of halogens is 1. The number of aromatic nitrogens is 2. The predicted octanol–water partition coefficient (Wildman–Crippen LogP) is 4.26. The molecule has 1 amide bonds. The Bertz CT molecular complexity index is 1290. The third-order valence-corrected chi connectivity index (χ3v) is 6.42. The van der Waals surface area contributed by atoms with Crippen LogP contribution in [0.15, 0.2) is 35.4 Å². The molecule has 8 nitrogen and oxygen atoms in total. The Hall–Kier alpha value is -3.23. The number of carbonyl (C=O) groups is 1. The van der Waals surface area contributed by atoms with Gasteiger partial charge in [0.15, 0.2) is 6.61 Å². The molecule has 0 bridgehead atoms. The van der Waals surface area contributed by atoms with Gasteiger partial charge in [-0.3, -0.25) is 4.79 Å². The van der Waals surface area contributed by atoms with Crippen molar-refractivity contribution in [1.82, 2.24) is 15.0 Å². The summed E-state index contributed by atoms with van der Waals surface area (Å²) >= 11 is 2.32. The highest BCUT2D eigenvalue weighted by molar-refractivity contribution is 14.1. The number of hydrogen-bond donors (Lipinski definition) is 1. The van der Waals surface area contributed by atoms with E-state index < -0.39 is 5.91 Å². The number of rotatable bonds is 8. The van der Waals surface area contributed by atoms with Crippen LogP contribution in [-0.2, 0) is 16.1 Å². The molecule has 9 heteroatoms. The number of benzene rings is 1. The van der Waals surface area contributed by atoms with E-state index in [1.807, 2.05) is 19.9 Å². The SMILES string of the molecule is COCc1cc(C)nc(OCC(=O)N/N=C\c2cc(C)n(-c3ccc(I)c(C)c3)c2C)c1C#N. The molecule has 0 saturated heterocycles. The fourth-order valence-electron chi connectivity index (χ4n) is 3.63. The molecule has 0 aliphatic rings. The van der Waals surface area contributed by atoms with E-state index >= 15 is 0 Å². The monoisotopic (exact) mass is 571 g/mol. The zero-order valence-corrected chi connectivity index (χ0v) is 21.9. The minimum atomic E-state index is -0.459. The summed E-state index contributed by atoms with van der Waals surface area (Å²) in [5, 5.41) is 13.5. The van der Waals surface area contributed by atoms with E-state index in [0.717, 1.165) is 22.6 Å². The van der Waals surface area contributed by atoms with Gasteiger partial charge in [0, 0.05) is 44.6 Å². The number of ether oxygens (including phenoxy) is 2. The smallest absolute Gasteiger partial charge is 0.278 e. The van der Waals surface area contributed by atoms with E-state index in [-0.39, 0.29) is 24.7 Å². The van der Waals surface area contributed by atoms with Crippen molar-refractivity contribution in [2.45, 2.75) is 34.3 Å². The van der Waals surface area contributed by atoms with Crippen molar-refractivity contribution in [2.75, 3.05) is 13.7 Å². The van der Waals surface area contributed by atoms with Gasteiger partial charge in [0.2, 0.25) is 5.88 Å². The largest absolute Gasteiger partial charge is 0.467 e. The highest BCUT2D eigenvalue weighted by atomic mass is 127. The van der Waals surface area contributed by atoms with Crippen LogP contribution in [0.1, 0.15) is 39.3 Å². The molecule has 3 aromatic rings. The number of hydrazone groups is 1. The summed E-state index contributed by atoms with van der Waals surface area (Å²) in [5.41, 5.74) is 9.31. The van der Waals surface area contributed by atoms with Crippen LogP contribution < -0.4 is 10.2 Å². The molecule has 1 aromatic carbocycles. The molecular weight excluding hydrogens is 545 g/mol. The molecule has 176 valence electrons. The van der Waals surface area contributed by atoms with Crippen molar-refractivity contribution >= 4 is 34.7 Å². The van der Waals surface area contributed by atoms with E-state index in [1.165, 1.54) is 9.13 Å². The summed E-state index contributed by atoms with van der Waals surface area (Å²) in [6.45, 7) is 7.84. The van der Waals surface area contributed by atoms with Gasteiger partial charge in [-0.25, -0.2) is 10.4 Å². The van der Waals surface area contributed by atoms with Crippen molar-refractivity contribution in [3.8, 4) is 17.6 Å². The number of hydrogen-bond acceptors (Lipinski definition) is 6. The van der Waals surface area contributed by atoms with Crippen LogP contribution in [0.5, 0.6) is 5.88 Å². The number of nitrogens with zero attached hydrogens (tertiary/aromatic N) is 4. The van der Waals surface area contributed by atoms with Gasteiger partial charge in [0.1, 0.15) is 11.6 Å². The lowest BCUT2D eigenvalue weighted by Crippen LogP contribution is -2.25. The van der Waals surface area contributed by atoms with Gasteiger partial charge in [0.05, 0.1) is 12.8 Å². The second kappa shape index (κ2) is 11.3. The predicted molar refractivity (Wildman–Crippen MR) is 138 cm³/mol. The topological polar surface area (TPSA) is 102 Å². The third kappa shape index (κ3) is 5.81. The highest BCUT2D eigenvalue weighted by Gasteiger charge is 2.14. The Balaban J connectivity index is 1.67. The summed E-state index contributed by atoms with van der Waals surface area (Å²) in [6.07, 6.45) is 1.61. The van der Waals surface area contributed by atoms with Crippen molar-refractivity contribution in [3.63, 3.8) is 0 Å². The molecule has 0 atom stereocenters. The van der Waals surface area contributed by atoms with Gasteiger partial charge in [-0.1, -0.05) is 0 Å². The maximum Gasteiger partial charge on any atom is 0.278 e. The number of pyridine rings is 1. The lowest BCUT2D eigenvalue weighted by Gasteiger charge is -2.11. The van der Waals surface area contributed by atoms with Gasteiger partial charge >= 0.3 is 0 Å². The summed E-state index contributed by atoms with van der Waals surface area (Å²) < 4.78 is 14.0. The number of amides is 1. The number of nitrogens with one attached hydrogen (secondary N) is 1. The molecule has 0 fully saturated rings. The molecule has 34 heavy (non-hydrogen) atoms. The molecule has 3 rings (SSSR count). The van der Waals surface area contributed by atoms with Crippen LogP contribution in [0.2, 0.25) is 0 Å². The molecule has 0 spiro atoms. The lowest BCUT2D eigenvalue weighted by molar-refractivity contribution is -0.123. The molecule has 1 N–H and O–H groups in total.